The standard InChI is InChI=1S/C16H32N4O2S.HI/c1-13-9-14(2)11-20(10-13)7-4-6-18-16(17-3)19-15-5-8-23(21,22)12-15;/h13-15H,4-12H2,1-3H3,(H2,17,18,19);1H. The Morgan fingerprint density at radius 3 is 2.46 bits per heavy atom. The van der Waals surface area contributed by atoms with Crippen molar-refractivity contribution in [1.29, 1.82) is 0 Å². The number of hydrogen-bond donors (Lipinski definition) is 2. The lowest BCUT2D eigenvalue weighted by molar-refractivity contribution is 0.140. The van der Waals surface area contributed by atoms with Gasteiger partial charge in [0.2, 0.25) is 0 Å². The molecule has 3 atom stereocenters. The highest BCUT2D eigenvalue weighted by molar-refractivity contribution is 14.0. The summed E-state index contributed by atoms with van der Waals surface area (Å²) in [5.41, 5.74) is 0. The van der Waals surface area contributed by atoms with E-state index in [1.165, 1.54) is 19.5 Å². The fourth-order valence-corrected chi connectivity index (χ4v) is 5.45. The van der Waals surface area contributed by atoms with Crippen molar-refractivity contribution in [2.75, 3.05) is 44.7 Å². The van der Waals surface area contributed by atoms with Gasteiger partial charge in [0.05, 0.1) is 11.5 Å². The van der Waals surface area contributed by atoms with Gasteiger partial charge in [-0.25, -0.2) is 8.42 Å². The maximum atomic E-state index is 11.5. The molecule has 0 aromatic carbocycles. The Hall–Kier alpha value is -0.0900. The van der Waals surface area contributed by atoms with E-state index in [0.717, 1.165) is 31.3 Å². The lowest BCUT2D eigenvalue weighted by Crippen LogP contribution is -2.45. The molecule has 3 unspecified atom stereocenters. The van der Waals surface area contributed by atoms with Crippen molar-refractivity contribution in [3.63, 3.8) is 0 Å². The second kappa shape index (κ2) is 10.2. The highest BCUT2D eigenvalue weighted by Crippen LogP contribution is 2.20. The number of halogens is 1. The Bertz CT molecular complexity index is 502. The number of likely N-dealkylation sites (tertiary alicyclic amines) is 1. The fourth-order valence-electron chi connectivity index (χ4n) is 3.78. The Morgan fingerprint density at radius 2 is 1.92 bits per heavy atom. The predicted octanol–water partition coefficient (Wildman–Crippen LogP) is 1.32. The van der Waals surface area contributed by atoms with Gasteiger partial charge in [0, 0.05) is 32.7 Å². The number of aliphatic imine (C=N–C) groups is 1. The van der Waals surface area contributed by atoms with E-state index in [9.17, 15) is 8.42 Å². The van der Waals surface area contributed by atoms with E-state index < -0.39 is 9.84 Å². The Labute approximate surface area is 164 Å². The molecule has 142 valence electrons. The van der Waals surface area contributed by atoms with Crippen LogP contribution >= 0.6 is 24.0 Å². The van der Waals surface area contributed by atoms with Crippen molar-refractivity contribution in [3.05, 3.63) is 0 Å². The molecule has 0 saturated carbocycles. The van der Waals surface area contributed by atoms with E-state index in [2.05, 4.69) is 34.4 Å². The van der Waals surface area contributed by atoms with E-state index in [-0.39, 0.29) is 41.5 Å². The molecule has 0 bridgehead atoms. The summed E-state index contributed by atoms with van der Waals surface area (Å²) in [7, 11) is -1.12. The first-order valence-electron chi connectivity index (χ1n) is 8.78. The van der Waals surface area contributed by atoms with Crippen LogP contribution in [0.25, 0.3) is 0 Å². The molecular weight excluding hydrogens is 439 g/mol. The van der Waals surface area contributed by atoms with Crippen molar-refractivity contribution < 1.29 is 8.42 Å². The minimum Gasteiger partial charge on any atom is -0.356 e. The molecular formula is C16H33IN4O2S. The highest BCUT2D eigenvalue weighted by Gasteiger charge is 2.28. The maximum Gasteiger partial charge on any atom is 0.191 e. The molecule has 2 fully saturated rings. The summed E-state index contributed by atoms with van der Waals surface area (Å²) in [5, 5.41) is 6.52. The zero-order valence-corrected chi connectivity index (χ0v) is 18.3. The summed E-state index contributed by atoms with van der Waals surface area (Å²) in [6.07, 6.45) is 3.09. The van der Waals surface area contributed by atoms with E-state index in [1.807, 2.05) is 0 Å². The number of hydrogen-bond acceptors (Lipinski definition) is 4. The van der Waals surface area contributed by atoms with Gasteiger partial charge in [-0.1, -0.05) is 13.8 Å². The highest BCUT2D eigenvalue weighted by atomic mass is 127. The van der Waals surface area contributed by atoms with Crippen LogP contribution in [0.3, 0.4) is 0 Å². The van der Waals surface area contributed by atoms with E-state index in [1.54, 1.807) is 7.05 Å². The summed E-state index contributed by atoms with van der Waals surface area (Å²) in [5.74, 6) is 2.81. The zero-order valence-electron chi connectivity index (χ0n) is 15.1. The van der Waals surface area contributed by atoms with Crippen LogP contribution in [-0.4, -0.2) is 70.1 Å². The molecule has 0 spiro atoms. The summed E-state index contributed by atoms with van der Waals surface area (Å²) < 4.78 is 23.0. The number of sulfone groups is 1. The second-order valence-corrected chi connectivity index (χ2v) is 9.53. The number of nitrogens with zero attached hydrogens (tertiary/aromatic N) is 2. The third-order valence-electron chi connectivity index (χ3n) is 4.68. The molecule has 0 aromatic heterocycles. The third kappa shape index (κ3) is 7.43. The smallest absolute Gasteiger partial charge is 0.191 e. The third-order valence-corrected chi connectivity index (χ3v) is 6.45. The first-order valence-corrected chi connectivity index (χ1v) is 10.6. The molecule has 2 rings (SSSR count). The monoisotopic (exact) mass is 472 g/mol. The van der Waals surface area contributed by atoms with Gasteiger partial charge in [0.25, 0.3) is 0 Å². The lowest BCUT2D eigenvalue weighted by atomic mass is 9.92. The van der Waals surface area contributed by atoms with Crippen LogP contribution < -0.4 is 10.6 Å². The number of rotatable bonds is 5. The first-order chi connectivity index (χ1) is 10.9. The van der Waals surface area contributed by atoms with Crippen LogP contribution in [0.4, 0.5) is 0 Å². The largest absolute Gasteiger partial charge is 0.356 e. The minimum absolute atomic E-state index is 0. The van der Waals surface area contributed by atoms with Crippen molar-refractivity contribution in [2.45, 2.75) is 39.2 Å². The predicted molar refractivity (Wildman–Crippen MR) is 111 cm³/mol. The maximum absolute atomic E-state index is 11.5. The molecule has 2 heterocycles. The van der Waals surface area contributed by atoms with Gasteiger partial charge in [0.1, 0.15) is 0 Å². The molecule has 2 aliphatic heterocycles. The topological polar surface area (TPSA) is 73.8 Å². The lowest BCUT2D eigenvalue weighted by Gasteiger charge is -2.35. The van der Waals surface area contributed by atoms with Crippen molar-refractivity contribution in [3.8, 4) is 0 Å². The first kappa shape index (κ1) is 22.0. The van der Waals surface area contributed by atoms with E-state index >= 15 is 0 Å². The van der Waals surface area contributed by atoms with Gasteiger partial charge in [0.15, 0.2) is 15.8 Å². The molecule has 0 amide bonds. The zero-order chi connectivity index (χ0) is 16.9. The molecule has 2 saturated heterocycles. The van der Waals surface area contributed by atoms with Crippen molar-refractivity contribution in [1.82, 2.24) is 15.5 Å². The minimum atomic E-state index is -2.85. The summed E-state index contributed by atoms with van der Waals surface area (Å²) in [6, 6.07) is -0.00464. The Morgan fingerprint density at radius 1 is 1.25 bits per heavy atom. The molecule has 8 heteroatoms. The second-order valence-electron chi connectivity index (χ2n) is 7.30. The quantitative estimate of drug-likeness (QED) is 0.273. The Balaban J connectivity index is 0.00000288. The fraction of sp³-hybridized carbons (Fsp3) is 0.938. The van der Waals surface area contributed by atoms with Crippen LogP contribution in [0.1, 0.15) is 33.1 Å². The average molecular weight is 472 g/mol. The summed E-state index contributed by atoms with van der Waals surface area (Å²) in [4.78, 5) is 6.75. The summed E-state index contributed by atoms with van der Waals surface area (Å²) >= 11 is 0. The molecule has 2 aliphatic rings. The van der Waals surface area contributed by atoms with Crippen LogP contribution in [0.5, 0.6) is 0 Å². The average Bonchev–Trinajstić information content (AvgIpc) is 2.80. The molecule has 6 nitrogen and oxygen atoms in total. The van der Waals surface area contributed by atoms with Gasteiger partial charge in [-0.15, -0.1) is 24.0 Å². The van der Waals surface area contributed by atoms with Gasteiger partial charge in [-0.2, -0.15) is 0 Å². The molecule has 0 aliphatic carbocycles. The summed E-state index contributed by atoms with van der Waals surface area (Å²) in [6.45, 7) is 9.05. The molecule has 2 N–H and O–H groups in total. The Kier molecular flexibility index (Phi) is 9.29. The normalized spacial score (nSPS) is 30.6. The van der Waals surface area contributed by atoms with Crippen LogP contribution in [0, 0.1) is 11.8 Å². The SMILES string of the molecule is CN=C(NCCCN1CC(C)CC(C)C1)NC1CCS(=O)(=O)C1.I. The van der Waals surface area contributed by atoms with Crippen LogP contribution in [0.15, 0.2) is 4.99 Å². The van der Waals surface area contributed by atoms with Gasteiger partial charge >= 0.3 is 0 Å². The molecule has 24 heavy (non-hydrogen) atoms. The molecule has 0 aromatic rings. The van der Waals surface area contributed by atoms with E-state index in [4.69, 9.17) is 0 Å². The number of nitrogens with one attached hydrogen (secondary N) is 2. The van der Waals surface area contributed by atoms with E-state index in [0.29, 0.717) is 12.4 Å². The number of piperidine rings is 1. The van der Waals surface area contributed by atoms with Crippen molar-refractivity contribution in [2.24, 2.45) is 16.8 Å². The van der Waals surface area contributed by atoms with Crippen molar-refractivity contribution >= 4 is 39.8 Å². The van der Waals surface area contributed by atoms with Gasteiger partial charge in [-0.3, -0.25) is 4.99 Å². The van der Waals surface area contributed by atoms with Crippen LogP contribution in [0.2, 0.25) is 0 Å². The number of guanidine groups is 1. The van der Waals surface area contributed by atoms with Gasteiger partial charge in [-0.05, 0) is 37.6 Å². The van der Waals surface area contributed by atoms with Gasteiger partial charge < -0.3 is 15.5 Å². The van der Waals surface area contributed by atoms with Crippen LogP contribution in [-0.2, 0) is 9.84 Å². The molecule has 0 radical (unpaired) electrons.